The van der Waals surface area contributed by atoms with Gasteiger partial charge in [-0.1, -0.05) is 6.07 Å². The van der Waals surface area contributed by atoms with Crippen molar-refractivity contribution in [3.63, 3.8) is 0 Å². The second-order valence-corrected chi connectivity index (χ2v) is 8.68. The predicted molar refractivity (Wildman–Crippen MR) is 103 cm³/mol. The first kappa shape index (κ1) is 17.8. The number of amides is 1. The molecule has 3 aromatic rings. The third kappa shape index (κ3) is 3.90. The van der Waals surface area contributed by atoms with Gasteiger partial charge in [0.05, 0.1) is 22.7 Å². The van der Waals surface area contributed by atoms with Gasteiger partial charge in [0, 0.05) is 30.2 Å². The van der Waals surface area contributed by atoms with E-state index in [9.17, 15) is 13.2 Å². The quantitative estimate of drug-likeness (QED) is 0.661. The number of nitrogens with zero attached hydrogens (tertiary/aromatic N) is 2. The summed E-state index contributed by atoms with van der Waals surface area (Å²) in [7, 11) is -3.64. The number of pyridine rings is 1. The summed E-state index contributed by atoms with van der Waals surface area (Å²) in [6, 6.07) is 10.3. The molecule has 138 valence electrons. The highest BCUT2D eigenvalue weighted by molar-refractivity contribution is 7.89. The highest BCUT2D eigenvalue weighted by Crippen LogP contribution is 2.26. The molecule has 3 heterocycles. The van der Waals surface area contributed by atoms with E-state index >= 15 is 0 Å². The van der Waals surface area contributed by atoms with Gasteiger partial charge in [-0.25, -0.2) is 18.1 Å². The zero-order chi connectivity index (χ0) is 18.9. The number of sulfonamides is 1. The summed E-state index contributed by atoms with van der Waals surface area (Å²) in [5.41, 5.74) is 2.98. The lowest BCUT2D eigenvalue weighted by molar-refractivity contribution is -0.115. The van der Waals surface area contributed by atoms with Gasteiger partial charge in [-0.3, -0.25) is 9.78 Å². The minimum atomic E-state index is -3.64. The van der Waals surface area contributed by atoms with Crippen molar-refractivity contribution in [1.29, 1.82) is 0 Å². The molecule has 9 heteroatoms. The van der Waals surface area contributed by atoms with Crippen molar-refractivity contribution >= 4 is 33.0 Å². The number of rotatable bonds is 6. The number of fused-ring (bicyclic) bond motifs is 1. The first-order valence-electron chi connectivity index (χ1n) is 8.29. The number of hydrogen-bond acceptors (Lipinski definition) is 6. The van der Waals surface area contributed by atoms with Crippen LogP contribution in [0.15, 0.2) is 52.9 Å². The summed E-state index contributed by atoms with van der Waals surface area (Å²) >= 11 is 1.48. The van der Waals surface area contributed by atoms with Gasteiger partial charge in [0.25, 0.3) is 0 Å². The number of anilines is 1. The summed E-state index contributed by atoms with van der Waals surface area (Å²) < 4.78 is 27.6. The smallest absolute Gasteiger partial charge is 0.240 e. The molecule has 4 rings (SSSR count). The molecular formula is C18H16N4O3S2. The molecule has 0 aliphatic carbocycles. The van der Waals surface area contributed by atoms with Crippen LogP contribution >= 0.6 is 11.3 Å². The molecule has 0 atom stereocenters. The largest absolute Gasteiger partial charge is 0.326 e. The number of benzene rings is 1. The summed E-state index contributed by atoms with van der Waals surface area (Å²) in [6.07, 6.45) is 2.39. The average Bonchev–Trinajstić information content (AvgIpc) is 3.27. The number of thiazole rings is 1. The van der Waals surface area contributed by atoms with E-state index in [1.807, 2.05) is 23.6 Å². The molecule has 1 aliphatic rings. The van der Waals surface area contributed by atoms with E-state index in [0.29, 0.717) is 17.7 Å². The first-order valence-corrected chi connectivity index (χ1v) is 10.7. The van der Waals surface area contributed by atoms with E-state index < -0.39 is 10.0 Å². The summed E-state index contributed by atoms with van der Waals surface area (Å²) in [6.45, 7) is 0.238. The standard InChI is InChI=1S/C18H16N4O3S2/c23-17-10-12-9-14(4-5-15(12)22-17)27(24,25)20-8-6-13-11-26-18(21-13)16-3-1-2-7-19-16/h1-5,7,9,11,20H,6,8,10H2,(H,22,23). The van der Waals surface area contributed by atoms with Crippen LogP contribution in [0.2, 0.25) is 0 Å². The van der Waals surface area contributed by atoms with Gasteiger partial charge >= 0.3 is 0 Å². The molecule has 0 unspecified atom stereocenters. The van der Waals surface area contributed by atoms with Crippen molar-refractivity contribution in [3.05, 3.63) is 59.2 Å². The summed E-state index contributed by atoms with van der Waals surface area (Å²) in [5.74, 6) is -0.125. The maximum atomic E-state index is 12.5. The molecule has 1 aliphatic heterocycles. The maximum absolute atomic E-state index is 12.5. The van der Waals surface area contributed by atoms with Crippen LogP contribution in [0, 0.1) is 0 Å². The SMILES string of the molecule is O=C1Cc2cc(S(=O)(=O)NCCc3csc(-c4ccccn4)n3)ccc2N1. The van der Waals surface area contributed by atoms with Crippen molar-refractivity contribution in [2.75, 3.05) is 11.9 Å². The Bertz CT molecular complexity index is 1090. The zero-order valence-electron chi connectivity index (χ0n) is 14.2. The van der Waals surface area contributed by atoms with Crippen molar-refractivity contribution in [2.45, 2.75) is 17.7 Å². The molecule has 1 amide bonds. The average molecular weight is 400 g/mol. The number of aromatic nitrogens is 2. The van der Waals surface area contributed by atoms with E-state index in [-0.39, 0.29) is 23.8 Å². The predicted octanol–water partition coefficient (Wildman–Crippen LogP) is 2.22. The van der Waals surface area contributed by atoms with Crippen molar-refractivity contribution in [2.24, 2.45) is 0 Å². The van der Waals surface area contributed by atoms with Gasteiger partial charge in [0.2, 0.25) is 15.9 Å². The Morgan fingerprint density at radius 1 is 1.22 bits per heavy atom. The minimum absolute atomic E-state index is 0.125. The molecule has 2 N–H and O–H groups in total. The summed E-state index contributed by atoms with van der Waals surface area (Å²) in [4.78, 5) is 20.3. The van der Waals surface area contributed by atoms with E-state index in [0.717, 1.165) is 16.4 Å². The molecule has 7 nitrogen and oxygen atoms in total. The van der Waals surface area contributed by atoms with Gasteiger partial charge in [-0.2, -0.15) is 0 Å². The first-order chi connectivity index (χ1) is 13.0. The van der Waals surface area contributed by atoms with E-state index in [1.165, 1.54) is 23.5 Å². The Kier molecular flexibility index (Phi) is 4.73. The van der Waals surface area contributed by atoms with Crippen LogP contribution in [0.25, 0.3) is 10.7 Å². The summed E-state index contributed by atoms with van der Waals surface area (Å²) in [5, 5.41) is 5.41. The van der Waals surface area contributed by atoms with Crippen LogP contribution < -0.4 is 10.0 Å². The lowest BCUT2D eigenvalue weighted by Crippen LogP contribution is -2.26. The second-order valence-electron chi connectivity index (χ2n) is 6.05. The molecule has 0 radical (unpaired) electrons. The molecule has 27 heavy (non-hydrogen) atoms. The highest BCUT2D eigenvalue weighted by atomic mass is 32.2. The lowest BCUT2D eigenvalue weighted by atomic mass is 10.2. The Morgan fingerprint density at radius 2 is 2.11 bits per heavy atom. The number of hydrogen-bond donors (Lipinski definition) is 2. The van der Waals surface area contributed by atoms with Crippen LogP contribution in [0.3, 0.4) is 0 Å². The van der Waals surface area contributed by atoms with Crippen LogP contribution in [-0.4, -0.2) is 30.8 Å². The van der Waals surface area contributed by atoms with Gasteiger partial charge in [0.15, 0.2) is 0 Å². The van der Waals surface area contributed by atoms with Crippen molar-refractivity contribution in [1.82, 2.24) is 14.7 Å². The molecule has 0 fully saturated rings. The van der Waals surface area contributed by atoms with Gasteiger partial charge in [-0.15, -0.1) is 11.3 Å². The lowest BCUT2D eigenvalue weighted by Gasteiger charge is -2.07. The topological polar surface area (TPSA) is 101 Å². The Balaban J connectivity index is 1.40. The van der Waals surface area contributed by atoms with Crippen LogP contribution in [0.1, 0.15) is 11.3 Å². The fourth-order valence-corrected chi connectivity index (χ4v) is 4.71. The normalized spacial score (nSPS) is 13.4. The van der Waals surface area contributed by atoms with E-state index in [1.54, 1.807) is 12.3 Å². The maximum Gasteiger partial charge on any atom is 0.240 e. The number of carbonyl (C=O) groups excluding carboxylic acids is 1. The van der Waals surface area contributed by atoms with Gasteiger partial charge in [-0.05, 0) is 35.9 Å². The molecular weight excluding hydrogens is 384 g/mol. The Hall–Kier alpha value is -2.62. The van der Waals surface area contributed by atoms with E-state index in [4.69, 9.17) is 0 Å². The molecule has 1 aromatic carbocycles. The molecule has 0 spiro atoms. The minimum Gasteiger partial charge on any atom is -0.326 e. The van der Waals surface area contributed by atoms with Crippen LogP contribution in [0.4, 0.5) is 5.69 Å². The van der Waals surface area contributed by atoms with Crippen LogP contribution in [-0.2, 0) is 27.7 Å². The fraction of sp³-hybridized carbons (Fsp3) is 0.167. The zero-order valence-corrected chi connectivity index (χ0v) is 15.8. The number of nitrogens with one attached hydrogen (secondary N) is 2. The Labute approximate surface area is 160 Å². The highest BCUT2D eigenvalue weighted by Gasteiger charge is 2.21. The third-order valence-electron chi connectivity index (χ3n) is 4.12. The van der Waals surface area contributed by atoms with Crippen molar-refractivity contribution < 1.29 is 13.2 Å². The second kappa shape index (κ2) is 7.18. The molecule has 0 saturated heterocycles. The Morgan fingerprint density at radius 3 is 2.93 bits per heavy atom. The van der Waals surface area contributed by atoms with Gasteiger partial charge in [0.1, 0.15) is 5.01 Å². The monoisotopic (exact) mass is 400 g/mol. The fourth-order valence-electron chi connectivity index (χ4n) is 2.80. The van der Waals surface area contributed by atoms with E-state index in [2.05, 4.69) is 20.0 Å². The van der Waals surface area contributed by atoms with Gasteiger partial charge < -0.3 is 5.32 Å². The van der Waals surface area contributed by atoms with Crippen molar-refractivity contribution in [3.8, 4) is 10.7 Å². The number of carbonyl (C=O) groups is 1. The third-order valence-corrected chi connectivity index (χ3v) is 6.49. The van der Waals surface area contributed by atoms with Crippen LogP contribution in [0.5, 0.6) is 0 Å². The molecule has 2 aromatic heterocycles. The molecule has 0 bridgehead atoms. The molecule has 0 saturated carbocycles.